The van der Waals surface area contributed by atoms with Gasteiger partial charge in [0.25, 0.3) is 0 Å². The second kappa shape index (κ2) is 12.2. The van der Waals surface area contributed by atoms with Crippen molar-refractivity contribution in [1.29, 1.82) is 0 Å². The lowest BCUT2D eigenvalue weighted by molar-refractivity contribution is 0.591. The van der Waals surface area contributed by atoms with E-state index in [4.69, 9.17) is 0 Å². The van der Waals surface area contributed by atoms with Gasteiger partial charge in [0.1, 0.15) is 0 Å². The molecule has 0 heterocycles. The lowest BCUT2D eigenvalue weighted by atomic mass is 9.81. The van der Waals surface area contributed by atoms with Crippen molar-refractivity contribution >= 4 is 66.0 Å². The minimum absolute atomic E-state index is 0.0743. The minimum Gasteiger partial charge on any atom is -0.0763 e. The predicted molar refractivity (Wildman–Crippen MR) is 231 cm³/mol. The van der Waals surface area contributed by atoms with Gasteiger partial charge >= 0.3 is 0 Å². The average Bonchev–Trinajstić information content (AvgIpc) is 3.18. The summed E-state index contributed by atoms with van der Waals surface area (Å²) < 4.78 is 0. The molecule has 1 aliphatic rings. The van der Waals surface area contributed by atoms with Gasteiger partial charge in [0.05, 0.1) is 0 Å². The van der Waals surface area contributed by atoms with E-state index in [9.17, 15) is 0 Å². The Balaban J connectivity index is 1.26. The van der Waals surface area contributed by atoms with Crippen molar-refractivity contribution in [2.24, 2.45) is 0 Å². The number of benzene rings is 9. The molecule has 256 valence electrons. The van der Waals surface area contributed by atoms with Gasteiger partial charge in [-0.05, 0) is 153 Å². The lowest BCUT2D eigenvalue weighted by Gasteiger charge is -2.23. The highest BCUT2D eigenvalue weighted by atomic mass is 14.2. The van der Waals surface area contributed by atoms with Gasteiger partial charge in [-0.1, -0.05) is 160 Å². The zero-order valence-corrected chi connectivity index (χ0v) is 31.2. The zero-order chi connectivity index (χ0) is 35.8. The third-order valence-corrected chi connectivity index (χ3v) is 12.0. The fraction of sp³-hybridized carbons (Fsp3) is 0.170. The molecule has 0 amide bonds. The fourth-order valence-corrected chi connectivity index (χ4v) is 9.19. The molecule has 0 bridgehead atoms. The molecule has 0 aliphatic heterocycles. The summed E-state index contributed by atoms with van der Waals surface area (Å²) in [6.07, 6.45) is 9.24. The topological polar surface area (TPSA) is 0 Å². The molecule has 0 fully saturated rings. The number of hydrogen-bond donors (Lipinski definition) is 0. The Kier molecular flexibility index (Phi) is 7.34. The van der Waals surface area contributed by atoms with Crippen LogP contribution in [0.3, 0.4) is 0 Å². The van der Waals surface area contributed by atoms with Gasteiger partial charge in [-0.15, -0.1) is 0 Å². The first-order chi connectivity index (χ1) is 25.8. The Morgan fingerprint density at radius 1 is 0.491 bits per heavy atom. The Morgan fingerprint density at radius 2 is 1.19 bits per heavy atom. The molecule has 0 aromatic heterocycles. The van der Waals surface area contributed by atoms with Crippen LogP contribution >= 0.6 is 0 Å². The highest BCUT2D eigenvalue weighted by Crippen LogP contribution is 2.46. The quantitative estimate of drug-likeness (QED) is 0.159. The van der Waals surface area contributed by atoms with Gasteiger partial charge in [-0.3, -0.25) is 0 Å². The molecule has 0 spiro atoms. The van der Waals surface area contributed by atoms with Crippen LogP contribution in [0.5, 0.6) is 0 Å². The highest BCUT2D eigenvalue weighted by Gasteiger charge is 2.21. The Bertz CT molecular complexity index is 2990. The van der Waals surface area contributed by atoms with Crippen molar-refractivity contribution in [3.63, 3.8) is 0 Å². The molecule has 9 aromatic rings. The molecule has 1 aliphatic carbocycles. The fourth-order valence-electron chi connectivity index (χ4n) is 9.19. The van der Waals surface area contributed by atoms with Crippen LogP contribution in [0.15, 0.2) is 133 Å². The molecule has 0 heteroatoms. The number of fused-ring (bicyclic) bond motifs is 4. The standard InChI is InChI=1S/C53H44/c1-33-17-20-35(21-18-33)48-32-50(47-26-23-38-30-39(53(2,3)4)29-37-22-25-46(48)52(47)51(37)38)42-16-10-15-41-44(42)27-28-45-43(24-19-34-11-6-5-7-12-34)40-14-9-8-13-36(40)31-49(41)45/h5-7,10-18,20-23,25-32H,8-9,19,24H2,1-4H3. The summed E-state index contributed by atoms with van der Waals surface area (Å²) in [6, 6.07) is 51.2. The molecular weight excluding hydrogens is 637 g/mol. The van der Waals surface area contributed by atoms with Crippen LogP contribution in [0.4, 0.5) is 0 Å². The second-order valence-electron chi connectivity index (χ2n) is 16.4. The van der Waals surface area contributed by atoms with Gasteiger partial charge in [-0.25, -0.2) is 0 Å². The third kappa shape index (κ3) is 5.27. The number of aryl methyl sites for hydroxylation is 3. The van der Waals surface area contributed by atoms with Crippen LogP contribution < -0.4 is 10.4 Å². The lowest BCUT2D eigenvalue weighted by Crippen LogP contribution is -2.31. The number of rotatable bonds is 5. The predicted octanol–water partition coefficient (Wildman–Crippen LogP) is 13.0. The van der Waals surface area contributed by atoms with Crippen molar-refractivity contribution < 1.29 is 0 Å². The van der Waals surface area contributed by atoms with Crippen LogP contribution in [0.1, 0.15) is 55.9 Å². The minimum atomic E-state index is 0.0743. The van der Waals surface area contributed by atoms with E-state index in [-0.39, 0.29) is 5.41 Å². The maximum absolute atomic E-state index is 2.48. The normalized spacial score (nSPS) is 13.2. The van der Waals surface area contributed by atoms with E-state index < -0.39 is 0 Å². The SMILES string of the molecule is Cc1ccc(-c2cc(-c3cccc4c3ccc3c(CCc5ccccc5)c5c(cc34)=CCCC=5)c3ccc4cc(C(C)(C)C)cc5ccc2c3c54)cc1. The van der Waals surface area contributed by atoms with Crippen LogP contribution in [0.25, 0.3) is 88.3 Å². The summed E-state index contributed by atoms with van der Waals surface area (Å²) in [7, 11) is 0. The van der Waals surface area contributed by atoms with Gasteiger partial charge in [0.15, 0.2) is 0 Å². The van der Waals surface area contributed by atoms with Crippen molar-refractivity contribution in [3.05, 3.63) is 166 Å². The van der Waals surface area contributed by atoms with Gasteiger partial charge in [0.2, 0.25) is 0 Å². The maximum atomic E-state index is 2.48. The largest absolute Gasteiger partial charge is 0.0763 e. The van der Waals surface area contributed by atoms with E-state index in [1.165, 1.54) is 109 Å². The molecule has 0 saturated carbocycles. The maximum Gasteiger partial charge on any atom is -0.00143 e. The third-order valence-electron chi connectivity index (χ3n) is 12.0. The van der Waals surface area contributed by atoms with Crippen LogP contribution in [0.2, 0.25) is 0 Å². The van der Waals surface area contributed by atoms with Gasteiger partial charge in [0, 0.05) is 0 Å². The summed E-state index contributed by atoms with van der Waals surface area (Å²) in [5.41, 5.74) is 10.8. The van der Waals surface area contributed by atoms with Crippen molar-refractivity contribution in [1.82, 2.24) is 0 Å². The monoisotopic (exact) mass is 680 g/mol. The van der Waals surface area contributed by atoms with Crippen LogP contribution in [0, 0.1) is 6.92 Å². The molecule has 10 rings (SSSR count). The van der Waals surface area contributed by atoms with Crippen LogP contribution in [-0.4, -0.2) is 0 Å². The van der Waals surface area contributed by atoms with Crippen LogP contribution in [-0.2, 0) is 18.3 Å². The Morgan fingerprint density at radius 3 is 1.94 bits per heavy atom. The first-order valence-corrected chi connectivity index (χ1v) is 19.4. The summed E-state index contributed by atoms with van der Waals surface area (Å²) >= 11 is 0. The zero-order valence-electron chi connectivity index (χ0n) is 31.2. The molecule has 0 nitrogen and oxygen atoms in total. The summed E-state index contributed by atoms with van der Waals surface area (Å²) in [5, 5.41) is 16.3. The smallest absolute Gasteiger partial charge is 0.00143 e. The highest BCUT2D eigenvalue weighted by molar-refractivity contribution is 6.29. The number of hydrogen-bond acceptors (Lipinski definition) is 0. The van der Waals surface area contributed by atoms with Crippen molar-refractivity contribution in [3.8, 4) is 22.3 Å². The molecule has 0 atom stereocenters. The summed E-state index contributed by atoms with van der Waals surface area (Å²) in [5.74, 6) is 0. The van der Waals surface area contributed by atoms with E-state index in [0.29, 0.717) is 0 Å². The molecule has 9 aromatic carbocycles. The molecule has 0 unspecified atom stereocenters. The van der Waals surface area contributed by atoms with Gasteiger partial charge < -0.3 is 0 Å². The van der Waals surface area contributed by atoms with E-state index >= 15 is 0 Å². The Hall–Kier alpha value is -5.72. The average molecular weight is 681 g/mol. The van der Waals surface area contributed by atoms with Crippen molar-refractivity contribution in [2.45, 2.75) is 58.8 Å². The van der Waals surface area contributed by atoms with Gasteiger partial charge in [-0.2, -0.15) is 0 Å². The van der Waals surface area contributed by atoms with Crippen molar-refractivity contribution in [2.75, 3.05) is 0 Å². The summed E-state index contributed by atoms with van der Waals surface area (Å²) in [6.45, 7) is 9.12. The summed E-state index contributed by atoms with van der Waals surface area (Å²) in [4.78, 5) is 0. The van der Waals surface area contributed by atoms with E-state index in [1.807, 2.05) is 0 Å². The second-order valence-corrected chi connectivity index (χ2v) is 16.4. The van der Waals surface area contributed by atoms with E-state index in [2.05, 4.69) is 173 Å². The molecule has 53 heavy (non-hydrogen) atoms. The molecule has 0 saturated heterocycles. The Labute approximate surface area is 312 Å². The molecular formula is C53H44. The van der Waals surface area contributed by atoms with E-state index in [1.54, 1.807) is 0 Å². The first-order valence-electron chi connectivity index (χ1n) is 19.4. The van der Waals surface area contributed by atoms with E-state index in [0.717, 1.165) is 25.7 Å². The first kappa shape index (κ1) is 32.0. The molecule has 0 N–H and O–H groups in total. The molecule has 0 radical (unpaired) electrons.